The van der Waals surface area contributed by atoms with E-state index in [1.165, 1.54) is 13.8 Å². The molecule has 3 unspecified atom stereocenters. The average Bonchev–Trinajstić information content (AvgIpc) is 2.27. The second kappa shape index (κ2) is 14.7. The van der Waals surface area contributed by atoms with Crippen LogP contribution in [0, 0.1) is 0 Å². The standard InChI is InChI=1S/C5H10O3.C4H8O3.C3H6O3/c1-2-4(6)3-5(7)8;1-3(5)2-4(6)7;1-2(4)3(5)6/h4,6H,2-3H2,1H3,(H,7,8);3,5H,2H2,1H3,(H,6,7);2,4H,1H3,(H,5,6). The van der Waals surface area contributed by atoms with Crippen molar-refractivity contribution in [3.05, 3.63) is 0 Å². The van der Waals surface area contributed by atoms with E-state index in [1.54, 1.807) is 6.92 Å². The van der Waals surface area contributed by atoms with Gasteiger partial charge < -0.3 is 30.6 Å². The summed E-state index contributed by atoms with van der Waals surface area (Å²) in [6, 6.07) is 0. The van der Waals surface area contributed by atoms with Gasteiger partial charge in [-0.3, -0.25) is 9.59 Å². The van der Waals surface area contributed by atoms with Gasteiger partial charge in [-0.2, -0.15) is 0 Å². The summed E-state index contributed by atoms with van der Waals surface area (Å²) < 4.78 is 0. The molecule has 0 aliphatic rings. The van der Waals surface area contributed by atoms with Gasteiger partial charge in [0.2, 0.25) is 0 Å². The zero-order valence-electron chi connectivity index (χ0n) is 12.3. The van der Waals surface area contributed by atoms with Crippen LogP contribution >= 0.6 is 0 Å². The zero-order chi connectivity index (χ0) is 17.6. The highest BCUT2D eigenvalue weighted by molar-refractivity contribution is 5.71. The van der Waals surface area contributed by atoms with Crippen LogP contribution in [-0.2, 0) is 14.4 Å². The molecule has 0 bridgehead atoms. The molecule has 0 saturated heterocycles. The monoisotopic (exact) mass is 312 g/mol. The van der Waals surface area contributed by atoms with Gasteiger partial charge in [-0.1, -0.05) is 6.92 Å². The first-order valence-electron chi connectivity index (χ1n) is 6.14. The number of carboxylic acid groups (broad SMARTS) is 3. The van der Waals surface area contributed by atoms with E-state index in [9.17, 15) is 14.4 Å². The summed E-state index contributed by atoms with van der Waals surface area (Å²) in [7, 11) is 0. The van der Waals surface area contributed by atoms with Gasteiger partial charge in [-0.15, -0.1) is 0 Å². The van der Waals surface area contributed by atoms with E-state index in [0.29, 0.717) is 6.42 Å². The van der Waals surface area contributed by atoms with Gasteiger partial charge in [0.05, 0.1) is 25.0 Å². The number of hydrogen-bond donors (Lipinski definition) is 6. The molecule has 0 radical (unpaired) electrons. The van der Waals surface area contributed by atoms with Gasteiger partial charge >= 0.3 is 17.9 Å². The fourth-order valence-electron chi connectivity index (χ4n) is 0.599. The van der Waals surface area contributed by atoms with E-state index >= 15 is 0 Å². The van der Waals surface area contributed by atoms with Crippen LogP contribution in [0.4, 0.5) is 0 Å². The van der Waals surface area contributed by atoms with E-state index in [-0.39, 0.29) is 12.8 Å². The second-order valence-electron chi connectivity index (χ2n) is 4.12. The highest BCUT2D eigenvalue weighted by Crippen LogP contribution is 1.94. The van der Waals surface area contributed by atoms with Crippen LogP contribution in [0.5, 0.6) is 0 Å². The maximum absolute atomic E-state index is 9.81. The summed E-state index contributed by atoms with van der Waals surface area (Å²) in [5.41, 5.74) is 0. The van der Waals surface area contributed by atoms with Crippen LogP contribution < -0.4 is 0 Å². The second-order valence-corrected chi connectivity index (χ2v) is 4.12. The molecule has 21 heavy (non-hydrogen) atoms. The van der Waals surface area contributed by atoms with Crippen LogP contribution in [-0.4, -0.2) is 66.9 Å². The molecule has 0 aromatic heterocycles. The van der Waals surface area contributed by atoms with Crippen molar-refractivity contribution in [2.75, 3.05) is 0 Å². The maximum Gasteiger partial charge on any atom is 0.332 e. The average molecular weight is 312 g/mol. The highest BCUT2D eigenvalue weighted by atomic mass is 16.4. The van der Waals surface area contributed by atoms with Crippen molar-refractivity contribution in [3.8, 4) is 0 Å². The number of aliphatic hydroxyl groups is 3. The summed E-state index contributed by atoms with van der Waals surface area (Å²) >= 11 is 0. The number of aliphatic carboxylic acids is 3. The third-order valence-electron chi connectivity index (χ3n) is 1.71. The summed E-state index contributed by atoms with van der Waals surface area (Å²) in [6.07, 6.45) is -2.43. The van der Waals surface area contributed by atoms with Crippen molar-refractivity contribution in [2.24, 2.45) is 0 Å². The molecule has 0 heterocycles. The molecule has 9 nitrogen and oxygen atoms in total. The van der Waals surface area contributed by atoms with Gasteiger partial charge in [-0.25, -0.2) is 4.79 Å². The number of carboxylic acids is 3. The normalized spacial score (nSPS) is 13.4. The first-order valence-corrected chi connectivity index (χ1v) is 6.14. The Morgan fingerprint density at radius 3 is 1.24 bits per heavy atom. The van der Waals surface area contributed by atoms with Gasteiger partial charge in [0.15, 0.2) is 0 Å². The minimum Gasteiger partial charge on any atom is -0.481 e. The van der Waals surface area contributed by atoms with E-state index in [4.69, 9.17) is 30.6 Å². The van der Waals surface area contributed by atoms with Gasteiger partial charge in [-0.05, 0) is 20.3 Å². The number of aliphatic hydroxyl groups excluding tert-OH is 3. The summed E-state index contributed by atoms with van der Waals surface area (Å²) in [5.74, 6) is -3.09. The molecule has 0 fully saturated rings. The molecular weight excluding hydrogens is 288 g/mol. The predicted octanol–water partition coefficient (Wildman–Crippen LogP) is -0.474. The van der Waals surface area contributed by atoms with Crippen molar-refractivity contribution < 1.29 is 45.0 Å². The number of rotatable bonds is 6. The largest absolute Gasteiger partial charge is 0.481 e. The first-order chi connectivity index (χ1) is 9.43. The van der Waals surface area contributed by atoms with Gasteiger partial charge in [0, 0.05) is 0 Å². The summed E-state index contributed by atoms with van der Waals surface area (Å²) in [5, 5.41) is 48.7. The van der Waals surface area contributed by atoms with Gasteiger partial charge in [0.25, 0.3) is 0 Å². The van der Waals surface area contributed by atoms with Crippen LogP contribution in [0.2, 0.25) is 0 Å². The molecule has 3 atom stereocenters. The lowest BCUT2D eigenvalue weighted by molar-refractivity contribution is -0.145. The van der Waals surface area contributed by atoms with Crippen molar-refractivity contribution in [1.29, 1.82) is 0 Å². The zero-order valence-corrected chi connectivity index (χ0v) is 12.3. The Bertz CT molecular complexity index is 299. The smallest absolute Gasteiger partial charge is 0.332 e. The van der Waals surface area contributed by atoms with Crippen LogP contribution in [0.25, 0.3) is 0 Å². The van der Waals surface area contributed by atoms with E-state index in [0.717, 1.165) is 0 Å². The van der Waals surface area contributed by atoms with E-state index in [1.807, 2.05) is 0 Å². The van der Waals surface area contributed by atoms with Crippen LogP contribution in [0.15, 0.2) is 0 Å². The lowest BCUT2D eigenvalue weighted by Crippen LogP contribution is -2.13. The fraction of sp³-hybridized carbons (Fsp3) is 0.750. The Morgan fingerprint density at radius 1 is 0.857 bits per heavy atom. The molecule has 0 spiro atoms. The third kappa shape index (κ3) is 32.1. The minimum absolute atomic E-state index is 0.142. The lowest BCUT2D eigenvalue weighted by atomic mass is 10.2. The van der Waals surface area contributed by atoms with Crippen molar-refractivity contribution >= 4 is 17.9 Å². The summed E-state index contributed by atoms with van der Waals surface area (Å²) in [4.78, 5) is 28.9. The molecule has 9 heteroatoms. The Labute approximate surface area is 122 Å². The Hall–Kier alpha value is -1.71. The predicted molar refractivity (Wildman–Crippen MR) is 71.8 cm³/mol. The maximum atomic E-state index is 9.81. The van der Waals surface area contributed by atoms with Crippen LogP contribution in [0.3, 0.4) is 0 Å². The minimum atomic E-state index is -1.23. The fourth-order valence-corrected chi connectivity index (χ4v) is 0.599. The highest BCUT2D eigenvalue weighted by Gasteiger charge is 2.04. The number of hydrogen-bond acceptors (Lipinski definition) is 6. The van der Waals surface area contributed by atoms with Crippen molar-refractivity contribution in [3.63, 3.8) is 0 Å². The Morgan fingerprint density at radius 2 is 1.19 bits per heavy atom. The van der Waals surface area contributed by atoms with E-state index in [2.05, 4.69) is 0 Å². The number of carbonyl (C=O) groups is 3. The van der Waals surface area contributed by atoms with Crippen molar-refractivity contribution in [1.82, 2.24) is 0 Å². The molecule has 126 valence electrons. The molecule has 0 aliphatic carbocycles. The first kappa shape index (κ1) is 24.3. The van der Waals surface area contributed by atoms with Gasteiger partial charge in [0.1, 0.15) is 6.10 Å². The van der Waals surface area contributed by atoms with E-state index < -0.39 is 36.2 Å². The molecule has 6 N–H and O–H groups in total. The van der Waals surface area contributed by atoms with Crippen LogP contribution in [0.1, 0.15) is 40.0 Å². The SMILES string of the molecule is CC(O)C(=O)O.CC(O)CC(=O)O.CCC(O)CC(=O)O. The molecule has 0 aromatic rings. The molecule has 0 saturated carbocycles. The third-order valence-corrected chi connectivity index (χ3v) is 1.71. The molecular formula is C12H24O9. The molecule has 0 rings (SSSR count). The molecule has 0 aromatic carbocycles. The summed E-state index contributed by atoms with van der Waals surface area (Å²) in [6.45, 7) is 4.38. The Kier molecular flexibility index (Phi) is 17.0. The lowest BCUT2D eigenvalue weighted by Gasteiger charge is -2.00. The Balaban J connectivity index is -0.000000234. The molecule has 0 aliphatic heterocycles. The topological polar surface area (TPSA) is 173 Å². The molecule has 0 amide bonds. The van der Waals surface area contributed by atoms with Crippen molar-refractivity contribution in [2.45, 2.75) is 58.3 Å². The quantitative estimate of drug-likeness (QED) is 0.379.